The van der Waals surface area contributed by atoms with Crippen LogP contribution in [0.1, 0.15) is 72.1 Å². The van der Waals surface area contributed by atoms with Gasteiger partial charge in [-0.1, -0.05) is 0 Å². The van der Waals surface area contributed by atoms with E-state index >= 15 is 4.39 Å². The summed E-state index contributed by atoms with van der Waals surface area (Å²) in [6.07, 6.45) is 1.76. The number of ether oxygens (including phenoxy) is 1. The standard InChI is InChI=1S/C26H23F5N6O/c1-12-13(2)34-25-23(33-12)22(17-5-6-18(26(29,30)31)21(28)20(17)27)35-24(36-25)14-7-8-38-19(9-14)15-10-32-37(11-15)16-3-4-16/h5-6,10-11,14,16,19H,3-4,7-9H2,1-2H3/t14-,19-/m0/s1. The lowest BCUT2D eigenvalue weighted by atomic mass is 9.92. The van der Waals surface area contributed by atoms with E-state index in [0.29, 0.717) is 48.8 Å². The molecule has 4 heterocycles. The molecule has 1 saturated heterocycles. The minimum Gasteiger partial charge on any atom is -0.373 e. The van der Waals surface area contributed by atoms with Crippen LogP contribution in [0, 0.1) is 25.5 Å². The number of rotatable bonds is 4. The molecule has 0 bridgehead atoms. The van der Waals surface area contributed by atoms with Gasteiger partial charge in [-0.15, -0.1) is 0 Å². The van der Waals surface area contributed by atoms with Gasteiger partial charge in [0.15, 0.2) is 17.3 Å². The number of hydrogen-bond donors (Lipinski definition) is 0. The molecule has 1 aliphatic heterocycles. The van der Waals surface area contributed by atoms with E-state index in [1.54, 1.807) is 20.0 Å². The van der Waals surface area contributed by atoms with Gasteiger partial charge in [0.25, 0.3) is 0 Å². The van der Waals surface area contributed by atoms with Gasteiger partial charge in [-0.3, -0.25) is 4.68 Å². The van der Waals surface area contributed by atoms with E-state index in [2.05, 4.69) is 25.0 Å². The van der Waals surface area contributed by atoms with E-state index in [9.17, 15) is 17.6 Å². The summed E-state index contributed by atoms with van der Waals surface area (Å²) in [6, 6.07) is 1.82. The molecule has 38 heavy (non-hydrogen) atoms. The highest BCUT2D eigenvalue weighted by Gasteiger charge is 2.37. The maximum Gasteiger partial charge on any atom is 0.419 e. The largest absolute Gasteiger partial charge is 0.419 e. The molecule has 12 heteroatoms. The zero-order chi connectivity index (χ0) is 26.8. The van der Waals surface area contributed by atoms with Gasteiger partial charge in [0.05, 0.1) is 35.3 Å². The van der Waals surface area contributed by atoms with Crippen molar-refractivity contribution in [1.29, 1.82) is 0 Å². The Morgan fingerprint density at radius 2 is 1.71 bits per heavy atom. The second-order valence-corrected chi connectivity index (χ2v) is 9.85. The fraction of sp³-hybridized carbons (Fsp3) is 0.423. The number of fused-ring (bicyclic) bond motifs is 1. The summed E-state index contributed by atoms with van der Waals surface area (Å²) < 4.78 is 77.1. The van der Waals surface area contributed by atoms with E-state index < -0.39 is 28.9 Å². The molecule has 3 aromatic heterocycles. The number of alkyl halides is 3. The highest BCUT2D eigenvalue weighted by atomic mass is 19.4. The van der Waals surface area contributed by atoms with Crippen molar-refractivity contribution in [3.8, 4) is 11.3 Å². The van der Waals surface area contributed by atoms with Crippen molar-refractivity contribution in [3.63, 3.8) is 0 Å². The molecule has 2 aliphatic rings. The molecular formula is C26H23F5N6O. The van der Waals surface area contributed by atoms with Gasteiger partial charge in [-0.2, -0.15) is 18.3 Å². The number of nitrogens with zero attached hydrogens (tertiary/aromatic N) is 6. The van der Waals surface area contributed by atoms with Crippen molar-refractivity contribution in [2.45, 2.75) is 63.8 Å². The monoisotopic (exact) mass is 530 g/mol. The number of aryl methyl sites for hydroxylation is 2. The number of hydrogen-bond acceptors (Lipinski definition) is 6. The van der Waals surface area contributed by atoms with E-state index in [-0.39, 0.29) is 28.9 Å². The molecule has 0 spiro atoms. The predicted molar refractivity (Wildman–Crippen MR) is 126 cm³/mol. The van der Waals surface area contributed by atoms with Crippen molar-refractivity contribution in [3.05, 3.63) is 64.5 Å². The molecule has 1 saturated carbocycles. The topological polar surface area (TPSA) is 78.6 Å². The first kappa shape index (κ1) is 24.8. The quantitative estimate of drug-likeness (QED) is 0.294. The summed E-state index contributed by atoms with van der Waals surface area (Å²) in [7, 11) is 0. The summed E-state index contributed by atoms with van der Waals surface area (Å²) in [4.78, 5) is 18.1. The third kappa shape index (κ3) is 4.40. The third-order valence-electron chi connectivity index (χ3n) is 7.17. The fourth-order valence-corrected chi connectivity index (χ4v) is 4.77. The summed E-state index contributed by atoms with van der Waals surface area (Å²) in [5.74, 6) is -3.53. The third-order valence-corrected chi connectivity index (χ3v) is 7.17. The van der Waals surface area contributed by atoms with Crippen LogP contribution in [0.15, 0.2) is 24.5 Å². The fourth-order valence-electron chi connectivity index (χ4n) is 4.77. The van der Waals surface area contributed by atoms with Crippen LogP contribution >= 0.6 is 0 Å². The van der Waals surface area contributed by atoms with Crippen LogP contribution in [0.25, 0.3) is 22.4 Å². The zero-order valence-electron chi connectivity index (χ0n) is 20.6. The smallest absolute Gasteiger partial charge is 0.373 e. The Hall–Kier alpha value is -3.54. The minimum atomic E-state index is -5.04. The van der Waals surface area contributed by atoms with Gasteiger partial charge in [-0.05, 0) is 51.7 Å². The van der Waals surface area contributed by atoms with Crippen LogP contribution in [-0.4, -0.2) is 36.3 Å². The molecule has 6 rings (SSSR count). The summed E-state index contributed by atoms with van der Waals surface area (Å²) >= 11 is 0. The average Bonchev–Trinajstić information content (AvgIpc) is 3.61. The van der Waals surface area contributed by atoms with Crippen LogP contribution in [0.4, 0.5) is 22.0 Å². The maximum absolute atomic E-state index is 15.1. The molecule has 2 fully saturated rings. The van der Waals surface area contributed by atoms with Crippen LogP contribution in [0.2, 0.25) is 0 Å². The Balaban J connectivity index is 1.43. The van der Waals surface area contributed by atoms with Crippen LogP contribution in [-0.2, 0) is 10.9 Å². The second-order valence-electron chi connectivity index (χ2n) is 9.85. The van der Waals surface area contributed by atoms with Crippen LogP contribution < -0.4 is 0 Å². The zero-order valence-corrected chi connectivity index (χ0v) is 20.6. The van der Waals surface area contributed by atoms with E-state index in [4.69, 9.17) is 4.74 Å². The van der Waals surface area contributed by atoms with Crippen molar-refractivity contribution in [1.82, 2.24) is 29.7 Å². The van der Waals surface area contributed by atoms with Crippen LogP contribution in [0.3, 0.4) is 0 Å². The van der Waals surface area contributed by atoms with E-state index in [1.807, 2.05) is 10.9 Å². The maximum atomic E-state index is 15.1. The van der Waals surface area contributed by atoms with Gasteiger partial charge >= 0.3 is 6.18 Å². The molecule has 0 unspecified atom stereocenters. The molecule has 0 amide bonds. The first-order valence-electron chi connectivity index (χ1n) is 12.3. The highest BCUT2D eigenvalue weighted by Crippen LogP contribution is 2.41. The first-order valence-corrected chi connectivity index (χ1v) is 12.3. The Kier molecular flexibility index (Phi) is 5.89. The normalized spacial score (nSPS) is 20.3. The molecule has 2 atom stereocenters. The lowest BCUT2D eigenvalue weighted by molar-refractivity contribution is -0.140. The van der Waals surface area contributed by atoms with Crippen molar-refractivity contribution in [2.24, 2.45) is 0 Å². The van der Waals surface area contributed by atoms with E-state index in [0.717, 1.165) is 24.5 Å². The molecule has 0 N–H and O–H groups in total. The van der Waals surface area contributed by atoms with Crippen molar-refractivity contribution in [2.75, 3.05) is 6.61 Å². The number of aromatic nitrogens is 6. The molecule has 7 nitrogen and oxygen atoms in total. The Bertz CT molecular complexity index is 1550. The van der Waals surface area contributed by atoms with Gasteiger partial charge in [0, 0.05) is 29.8 Å². The van der Waals surface area contributed by atoms with Gasteiger partial charge in [-0.25, -0.2) is 28.7 Å². The SMILES string of the molecule is Cc1nc2nc([C@H]3CCO[C@H](c4cnn(C5CC5)c4)C3)nc(-c3ccc(C(F)(F)F)c(F)c3F)c2nc1C. The summed E-state index contributed by atoms with van der Waals surface area (Å²) in [6.45, 7) is 3.85. The molecule has 4 aromatic rings. The number of halogens is 5. The predicted octanol–water partition coefficient (Wildman–Crippen LogP) is 6.17. The molecular weight excluding hydrogens is 507 g/mol. The Morgan fingerprint density at radius 1 is 0.947 bits per heavy atom. The Labute approximate surface area is 214 Å². The summed E-state index contributed by atoms with van der Waals surface area (Å²) in [5.41, 5.74) is 0.0679. The van der Waals surface area contributed by atoms with Crippen molar-refractivity contribution >= 4 is 11.2 Å². The highest BCUT2D eigenvalue weighted by molar-refractivity contribution is 5.87. The lowest BCUT2D eigenvalue weighted by Gasteiger charge is -2.28. The van der Waals surface area contributed by atoms with Crippen LogP contribution in [0.5, 0.6) is 0 Å². The first-order chi connectivity index (χ1) is 18.1. The summed E-state index contributed by atoms with van der Waals surface area (Å²) in [5, 5.41) is 4.44. The molecule has 0 radical (unpaired) electrons. The number of benzene rings is 1. The van der Waals surface area contributed by atoms with Gasteiger partial charge in [0.2, 0.25) is 0 Å². The molecule has 198 valence electrons. The Morgan fingerprint density at radius 3 is 2.45 bits per heavy atom. The van der Waals surface area contributed by atoms with Gasteiger partial charge in [0.1, 0.15) is 17.0 Å². The second kappa shape index (κ2) is 9.04. The molecule has 1 aliphatic carbocycles. The van der Waals surface area contributed by atoms with Crippen molar-refractivity contribution < 1.29 is 26.7 Å². The van der Waals surface area contributed by atoms with E-state index in [1.165, 1.54) is 0 Å². The van der Waals surface area contributed by atoms with Gasteiger partial charge < -0.3 is 4.74 Å². The average molecular weight is 531 g/mol. The lowest BCUT2D eigenvalue weighted by Crippen LogP contribution is -2.20. The minimum absolute atomic E-state index is 0.0872. The molecule has 1 aromatic carbocycles.